The average molecular weight is 472 g/mol. The molecule has 4 heteroatoms. The topological polar surface area (TPSA) is 0 Å². The second-order valence-electron chi connectivity index (χ2n) is 3.94. The average Bonchev–Trinajstić information content (AvgIpc) is 2.51. The van der Waals surface area contributed by atoms with Gasteiger partial charge in [0.2, 0.25) is 0 Å². The van der Waals surface area contributed by atoms with Crippen LogP contribution in [0.4, 0.5) is 0 Å². The van der Waals surface area contributed by atoms with E-state index in [1.54, 1.807) is 0 Å². The fraction of sp³-hybridized carbons (Fsp3) is 0. The van der Waals surface area contributed by atoms with Crippen LogP contribution in [0, 0.1) is 40.8 Å². The van der Waals surface area contributed by atoms with Crippen LogP contribution >= 0.6 is 0 Å². The van der Waals surface area contributed by atoms with Gasteiger partial charge in [0.1, 0.15) is 0 Å². The fourth-order valence-corrected chi connectivity index (χ4v) is 1.73. The van der Waals surface area contributed by atoms with Crippen LogP contribution in [0.1, 0.15) is 0 Å². The van der Waals surface area contributed by atoms with E-state index in [4.69, 9.17) is 37.9 Å². The Bertz CT molecular complexity index is 497. The Morgan fingerprint density at radius 1 is 0.364 bits per heavy atom. The number of hydrogen-bond acceptors (Lipinski definition) is 3. The standard InChI is InChI=1S/3C6H6S.Nd/c3*7-6-4-2-1-3-5-6;/h3*1-5,7H;/q;;;+3/p-3. The second kappa shape index (κ2) is 14.3. The molecule has 0 unspecified atom stereocenters. The van der Waals surface area contributed by atoms with Gasteiger partial charge in [0.15, 0.2) is 0 Å². The van der Waals surface area contributed by atoms with E-state index in [1.165, 1.54) is 0 Å². The molecular weight excluding hydrogens is 457 g/mol. The van der Waals surface area contributed by atoms with Crippen LogP contribution in [-0.2, 0) is 37.9 Å². The van der Waals surface area contributed by atoms with Crippen LogP contribution in [-0.4, -0.2) is 0 Å². The van der Waals surface area contributed by atoms with Crippen molar-refractivity contribution in [1.82, 2.24) is 0 Å². The van der Waals surface area contributed by atoms with E-state index >= 15 is 0 Å². The van der Waals surface area contributed by atoms with Crippen molar-refractivity contribution in [1.29, 1.82) is 0 Å². The van der Waals surface area contributed by atoms with E-state index in [9.17, 15) is 0 Å². The maximum atomic E-state index is 4.81. The van der Waals surface area contributed by atoms with Crippen molar-refractivity contribution in [3.05, 3.63) is 91.0 Å². The smallest absolute Gasteiger partial charge is 0.780 e. The zero-order valence-electron chi connectivity index (χ0n) is 11.9. The minimum absolute atomic E-state index is 0. The molecule has 3 aromatic rings. The molecule has 0 heterocycles. The van der Waals surface area contributed by atoms with Crippen LogP contribution in [0.2, 0.25) is 0 Å². The monoisotopic (exact) mass is 469 g/mol. The Balaban J connectivity index is 0.000000294. The van der Waals surface area contributed by atoms with Gasteiger partial charge in [0.25, 0.3) is 0 Å². The Morgan fingerprint density at radius 3 is 0.636 bits per heavy atom. The van der Waals surface area contributed by atoms with E-state index in [0.717, 1.165) is 14.7 Å². The van der Waals surface area contributed by atoms with Gasteiger partial charge in [0.05, 0.1) is 0 Å². The van der Waals surface area contributed by atoms with Crippen molar-refractivity contribution in [2.75, 3.05) is 0 Å². The number of rotatable bonds is 0. The predicted molar refractivity (Wildman–Crippen MR) is 96.2 cm³/mol. The molecule has 0 bridgehead atoms. The van der Waals surface area contributed by atoms with Crippen LogP contribution in [0.5, 0.6) is 0 Å². The van der Waals surface area contributed by atoms with E-state index in [-0.39, 0.29) is 40.8 Å². The molecule has 0 saturated carbocycles. The molecule has 0 amide bonds. The molecule has 0 aliphatic rings. The van der Waals surface area contributed by atoms with Gasteiger partial charge < -0.3 is 37.9 Å². The van der Waals surface area contributed by atoms with Crippen molar-refractivity contribution >= 4 is 37.9 Å². The zero-order chi connectivity index (χ0) is 15.3. The Morgan fingerprint density at radius 2 is 0.545 bits per heavy atom. The molecule has 0 aromatic heterocycles. The Kier molecular flexibility index (Phi) is 14.1. The summed E-state index contributed by atoms with van der Waals surface area (Å²) in [6.45, 7) is 0. The SMILES string of the molecule is [Nd+3].[S-]c1ccccc1.[S-]c1ccccc1.[S-]c1ccccc1. The molecule has 0 aliphatic carbocycles. The summed E-state index contributed by atoms with van der Waals surface area (Å²) in [7, 11) is 0. The van der Waals surface area contributed by atoms with Crippen LogP contribution in [0.15, 0.2) is 106 Å². The van der Waals surface area contributed by atoms with Crippen molar-refractivity contribution in [3.8, 4) is 0 Å². The summed E-state index contributed by atoms with van der Waals surface area (Å²) in [5.41, 5.74) is 0. The summed E-state index contributed by atoms with van der Waals surface area (Å²) in [6.07, 6.45) is 0. The van der Waals surface area contributed by atoms with E-state index in [0.29, 0.717) is 0 Å². The Labute approximate surface area is 182 Å². The maximum absolute atomic E-state index is 4.81. The van der Waals surface area contributed by atoms with E-state index in [1.807, 2.05) is 91.0 Å². The van der Waals surface area contributed by atoms with Gasteiger partial charge in [-0.2, -0.15) is 14.7 Å². The molecule has 0 aliphatic heterocycles. The van der Waals surface area contributed by atoms with Crippen molar-refractivity contribution in [2.45, 2.75) is 14.7 Å². The normalized spacial score (nSPS) is 8.18. The summed E-state index contributed by atoms with van der Waals surface area (Å²) in [5, 5.41) is 0. The molecule has 1 radical (unpaired) electrons. The van der Waals surface area contributed by atoms with E-state index < -0.39 is 0 Å². The quantitative estimate of drug-likeness (QED) is 0.433. The third kappa shape index (κ3) is 12.2. The first kappa shape index (κ1) is 21.7. The second-order valence-corrected chi connectivity index (χ2v) is 5.35. The van der Waals surface area contributed by atoms with Crippen LogP contribution in [0.25, 0.3) is 0 Å². The van der Waals surface area contributed by atoms with Gasteiger partial charge in [-0.25, -0.2) is 0 Å². The first-order valence-electron chi connectivity index (χ1n) is 6.34. The van der Waals surface area contributed by atoms with Crippen molar-refractivity contribution < 1.29 is 40.8 Å². The Hall–Kier alpha value is -0.329. The molecule has 0 fully saturated rings. The minimum Gasteiger partial charge on any atom is -0.780 e. The van der Waals surface area contributed by atoms with Gasteiger partial charge >= 0.3 is 40.8 Å². The number of benzene rings is 3. The number of hydrogen-bond donors (Lipinski definition) is 0. The minimum atomic E-state index is 0. The molecule has 0 spiro atoms. The molecule has 3 rings (SSSR count). The van der Waals surface area contributed by atoms with Crippen LogP contribution in [0.3, 0.4) is 0 Å². The molecule has 0 atom stereocenters. The first-order chi connectivity index (χ1) is 10.2. The maximum Gasteiger partial charge on any atom is 3.00 e. The van der Waals surface area contributed by atoms with Crippen LogP contribution < -0.4 is 0 Å². The van der Waals surface area contributed by atoms with Gasteiger partial charge in [-0.05, 0) is 0 Å². The summed E-state index contributed by atoms with van der Waals surface area (Å²) >= 11 is 14.4. The molecule has 0 nitrogen and oxygen atoms in total. The first-order valence-corrected chi connectivity index (χ1v) is 7.57. The van der Waals surface area contributed by atoms with Gasteiger partial charge in [-0.15, -0.1) is 0 Å². The van der Waals surface area contributed by atoms with Crippen molar-refractivity contribution in [2.24, 2.45) is 0 Å². The predicted octanol–water partition coefficient (Wildman–Crippen LogP) is 4.78. The molecule has 0 saturated heterocycles. The van der Waals surface area contributed by atoms with E-state index in [2.05, 4.69) is 0 Å². The molecule has 3 aromatic carbocycles. The summed E-state index contributed by atoms with van der Waals surface area (Å²) in [5.74, 6) is 0. The summed E-state index contributed by atoms with van der Waals surface area (Å²) in [4.78, 5) is 2.72. The van der Waals surface area contributed by atoms with Gasteiger partial charge in [-0.1, -0.05) is 91.0 Å². The molecule has 109 valence electrons. The third-order valence-corrected chi connectivity index (χ3v) is 3.05. The van der Waals surface area contributed by atoms with Gasteiger partial charge in [-0.3, -0.25) is 0 Å². The fourth-order valence-electron chi connectivity index (χ4n) is 1.26. The zero-order valence-corrected chi connectivity index (χ0v) is 17.5. The van der Waals surface area contributed by atoms with Gasteiger partial charge in [0, 0.05) is 0 Å². The molecule has 22 heavy (non-hydrogen) atoms. The molecular formula is C18H15NdS3. The molecule has 0 N–H and O–H groups in total. The summed E-state index contributed by atoms with van der Waals surface area (Å²) < 4.78 is 0. The van der Waals surface area contributed by atoms with Crippen molar-refractivity contribution in [3.63, 3.8) is 0 Å². The summed E-state index contributed by atoms with van der Waals surface area (Å²) in [6, 6.07) is 28.8. The third-order valence-electron chi connectivity index (χ3n) is 2.23. The largest absolute Gasteiger partial charge is 3.00 e.